The number of hydrogen-bond acceptors (Lipinski definition) is 5. The maximum atomic E-state index is 12.3. The third-order valence-corrected chi connectivity index (χ3v) is 3.99. The fourth-order valence-electron chi connectivity index (χ4n) is 2.37. The van der Waals surface area contributed by atoms with Crippen molar-refractivity contribution in [2.75, 3.05) is 26.8 Å². The molecule has 7 heteroatoms. The van der Waals surface area contributed by atoms with Crippen LogP contribution in [-0.4, -0.2) is 43.6 Å². The second-order valence-corrected chi connectivity index (χ2v) is 6.68. The van der Waals surface area contributed by atoms with Crippen molar-refractivity contribution in [3.8, 4) is 11.5 Å². The highest BCUT2D eigenvalue weighted by Gasteiger charge is 2.11. The molecule has 1 aromatic heterocycles. The first-order chi connectivity index (χ1) is 13.5. The van der Waals surface area contributed by atoms with Crippen LogP contribution in [0.15, 0.2) is 42.7 Å². The second kappa shape index (κ2) is 10.9. The van der Waals surface area contributed by atoms with Crippen LogP contribution in [0.5, 0.6) is 11.5 Å². The first kappa shape index (κ1) is 21.2. The quantitative estimate of drug-likeness (QED) is 0.614. The molecule has 28 heavy (non-hydrogen) atoms. The summed E-state index contributed by atoms with van der Waals surface area (Å²) in [5.41, 5.74) is 0.701. The Bertz CT molecular complexity index is 775. The lowest BCUT2D eigenvalue weighted by molar-refractivity contribution is 0.0946. The molecule has 2 aromatic rings. The van der Waals surface area contributed by atoms with Crippen molar-refractivity contribution in [1.82, 2.24) is 15.6 Å². The molecule has 0 radical (unpaired) electrons. The standard InChI is InChI=1S/C21H27N3O4/c1-15(2)8-9-23-20(25)16-12-17(14-22-13-16)21(26)24-10-11-28-19-6-4-18(27-3)5-7-19/h4-7,12-15H,8-11H2,1-3H3,(H,23,25)(H,24,26). The van der Waals surface area contributed by atoms with E-state index in [1.807, 2.05) is 0 Å². The zero-order valence-corrected chi connectivity index (χ0v) is 16.5. The lowest BCUT2D eigenvalue weighted by Crippen LogP contribution is -2.29. The number of aromatic nitrogens is 1. The van der Waals surface area contributed by atoms with Gasteiger partial charge >= 0.3 is 0 Å². The van der Waals surface area contributed by atoms with E-state index in [1.165, 1.54) is 18.5 Å². The molecule has 0 saturated carbocycles. The molecule has 0 aliphatic heterocycles. The fourth-order valence-corrected chi connectivity index (χ4v) is 2.37. The van der Waals surface area contributed by atoms with Gasteiger partial charge < -0.3 is 20.1 Å². The molecule has 0 saturated heterocycles. The van der Waals surface area contributed by atoms with E-state index in [0.717, 1.165) is 12.2 Å². The third kappa shape index (κ3) is 6.90. The molecular formula is C21H27N3O4. The number of hydrogen-bond donors (Lipinski definition) is 2. The van der Waals surface area contributed by atoms with Crippen molar-refractivity contribution in [2.24, 2.45) is 5.92 Å². The Labute approximate surface area is 165 Å². The van der Waals surface area contributed by atoms with E-state index in [-0.39, 0.29) is 11.8 Å². The van der Waals surface area contributed by atoms with E-state index >= 15 is 0 Å². The number of amides is 2. The average Bonchev–Trinajstić information content (AvgIpc) is 2.71. The number of nitrogens with one attached hydrogen (secondary N) is 2. The van der Waals surface area contributed by atoms with Gasteiger partial charge in [-0.05, 0) is 42.7 Å². The number of pyridine rings is 1. The van der Waals surface area contributed by atoms with Gasteiger partial charge in [-0.15, -0.1) is 0 Å². The number of ether oxygens (including phenoxy) is 2. The fraction of sp³-hybridized carbons (Fsp3) is 0.381. The molecule has 150 valence electrons. The maximum Gasteiger partial charge on any atom is 0.252 e. The van der Waals surface area contributed by atoms with Crippen LogP contribution >= 0.6 is 0 Å². The number of methoxy groups -OCH3 is 1. The molecule has 2 N–H and O–H groups in total. The first-order valence-electron chi connectivity index (χ1n) is 9.28. The molecule has 0 unspecified atom stereocenters. The van der Waals surface area contributed by atoms with Crippen molar-refractivity contribution in [2.45, 2.75) is 20.3 Å². The highest BCUT2D eigenvalue weighted by atomic mass is 16.5. The molecule has 0 aliphatic carbocycles. The topological polar surface area (TPSA) is 89.6 Å². The van der Waals surface area contributed by atoms with Crippen molar-refractivity contribution < 1.29 is 19.1 Å². The maximum absolute atomic E-state index is 12.3. The molecular weight excluding hydrogens is 358 g/mol. The highest BCUT2D eigenvalue weighted by Crippen LogP contribution is 2.16. The molecule has 0 aliphatic rings. The molecule has 0 fully saturated rings. The molecule has 0 atom stereocenters. The Morgan fingerprint density at radius 1 is 0.964 bits per heavy atom. The minimum atomic E-state index is -0.303. The second-order valence-electron chi connectivity index (χ2n) is 6.68. The van der Waals surface area contributed by atoms with Gasteiger partial charge in [0.05, 0.1) is 24.8 Å². The molecule has 0 spiro atoms. The Morgan fingerprint density at radius 3 is 2.11 bits per heavy atom. The smallest absolute Gasteiger partial charge is 0.252 e. The minimum absolute atomic E-state index is 0.231. The summed E-state index contributed by atoms with van der Waals surface area (Å²) < 4.78 is 10.7. The monoisotopic (exact) mass is 385 g/mol. The largest absolute Gasteiger partial charge is 0.497 e. The molecule has 0 bridgehead atoms. The van der Waals surface area contributed by atoms with Crippen LogP contribution in [0, 0.1) is 5.92 Å². The summed E-state index contributed by atoms with van der Waals surface area (Å²) in [6, 6.07) is 8.74. The average molecular weight is 385 g/mol. The van der Waals surface area contributed by atoms with Crippen molar-refractivity contribution in [3.63, 3.8) is 0 Å². The zero-order chi connectivity index (χ0) is 20.4. The molecule has 2 amide bonds. The van der Waals surface area contributed by atoms with Gasteiger partial charge in [0.15, 0.2) is 0 Å². The lowest BCUT2D eigenvalue weighted by atomic mass is 10.1. The molecule has 1 aromatic carbocycles. The Kier molecular flexibility index (Phi) is 8.27. The van der Waals surface area contributed by atoms with Gasteiger partial charge in [-0.1, -0.05) is 13.8 Å². The van der Waals surface area contributed by atoms with Gasteiger partial charge in [-0.25, -0.2) is 0 Å². The summed E-state index contributed by atoms with van der Waals surface area (Å²) >= 11 is 0. The van der Waals surface area contributed by atoms with Crippen LogP contribution in [0.25, 0.3) is 0 Å². The van der Waals surface area contributed by atoms with E-state index in [1.54, 1.807) is 31.4 Å². The normalized spacial score (nSPS) is 10.4. The summed E-state index contributed by atoms with van der Waals surface area (Å²) in [4.78, 5) is 28.4. The SMILES string of the molecule is COc1ccc(OCCNC(=O)c2cncc(C(=O)NCCC(C)C)c2)cc1. The van der Waals surface area contributed by atoms with Crippen LogP contribution in [0.4, 0.5) is 0 Å². The Balaban J connectivity index is 1.79. The number of benzene rings is 1. The van der Waals surface area contributed by atoms with Gasteiger partial charge in [-0.2, -0.15) is 0 Å². The summed E-state index contributed by atoms with van der Waals surface area (Å²) in [5.74, 6) is 1.42. The van der Waals surface area contributed by atoms with E-state index in [9.17, 15) is 9.59 Å². The number of rotatable bonds is 10. The minimum Gasteiger partial charge on any atom is -0.497 e. The third-order valence-electron chi connectivity index (χ3n) is 3.99. The summed E-state index contributed by atoms with van der Waals surface area (Å²) in [7, 11) is 1.60. The molecule has 1 heterocycles. The van der Waals surface area contributed by atoms with E-state index in [4.69, 9.17) is 9.47 Å². The van der Waals surface area contributed by atoms with E-state index in [0.29, 0.717) is 42.5 Å². The zero-order valence-electron chi connectivity index (χ0n) is 16.5. The van der Waals surface area contributed by atoms with Gasteiger partial charge in [0.1, 0.15) is 18.1 Å². The Hall–Kier alpha value is -3.09. The van der Waals surface area contributed by atoms with Crippen molar-refractivity contribution in [3.05, 3.63) is 53.9 Å². The summed E-state index contributed by atoms with van der Waals surface area (Å²) in [6.07, 6.45) is 3.78. The van der Waals surface area contributed by atoms with E-state index < -0.39 is 0 Å². The number of nitrogens with zero attached hydrogens (tertiary/aromatic N) is 1. The predicted octanol–water partition coefficient (Wildman–Crippen LogP) is 2.67. The number of carbonyl (C=O) groups is 2. The summed E-state index contributed by atoms with van der Waals surface area (Å²) in [5, 5.41) is 5.59. The summed E-state index contributed by atoms with van der Waals surface area (Å²) in [6.45, 7) is 5.43. The van der Waals surface area contributed by atoms with Gasteiger partial charge in [0.25, 0.3) is 11.8 Å². The predicted molar refractivity (Wildman–Crippen MR) is 107 cm³/mol. The molecule has 7 nitrogen and oxygen atoms in total. The van der Waals surface area contributed by atoms with Gasteiger partial charge in [0, 0.05) is 18.9 Å². The highest BCUT2D eigenvalue weighted by molar-refractivity contribution is 5.99. The van der Waals surface area contributed by atoms with Crippen LogP contribution < -0.4 is 20.1 Å². The first-order valence-corrected chi connectivity index (χ1v) is 9.28. The Morgan fingerprint density at radius 2 is 1.54 bits per heavy atom. The van der Waals surface area contributed by atoms with Crippen LogP contribution in [0.1, 0.15) is 41.0 Å². The van der Waals surface area contributed by atoms with Crippen LogP contribution in [0.2, 0.25) is 0 Å². The lowest BCUT2D eigenvalue weighted by Gasteiger charge is -2.09. The van der Waals surface area contributed by atoms with Gasteiger partial charge in [-0.3, -0.25) is 14.6 Å². The number of carbonyl (C=O) groups excluding carboxylic acids is 2. The van der Waals surface area contributed by atoms with Crippen molar-refractivity contribution >= 4 is 11.8 Å². The van der Waals surface area contributed by atoms with Crippen molar-refractivity contribution in [1.29, 1.82) is 0 Å². The molecule has 2 rings (SSSR count). The van der Waals surface area contributed by atoms with Crippen LogP contribution in [0.3, 0.4) is 0 Å². The van der Waals surface area contributed by atoms with E-state index in [2.05, 4.69) is 29.5 Å². The van der Waals surface area contributed by atoms with Crippen LogP contribution in [-0.2, 0) is 0 Å². The van der Waals surface area contributed by atoms with Gasteiger partial charge in [0.2, 0.25) is 0 Å².